The molecule has 1 N–H and O–H groups in total. The van der Waals surface area contributed by atoms with E-state index in [0.29, 0.717) is 24.2 Å². The Bertz CT molecular complexity index is 827. The number of carbonyl (C=O) groups is 1. The quantitative estimate of drug-likeness (QED) is 0.720. The Labute approximate surface area is 161 Å². The lowest BCUT2D eigenvalue weighted by Crippen LogP contribution is -2.74. The van der Waals surface area contributed by atoms with E-state index in [0.717, 1.165) is 44.3 Å². The number of allylic oxidation sites excluding steroid dienone is 2. The molecule has 0 aromatic heterocycles. The highest BCUT2D eigenvalue weighted by Crippen LogP contribution is 2.78. The molecule has 4 bridgehead atoms. The van der Waals surface area contributed by atoms with Gasteiger partial charge in [-0.25, -0.2) is 4.79 Å². The Morgan fingerprint density at radius 2 is 2.04 bits per heavy atom. The summed E-state index contributed by atoms with van der Waals surface area (Å²) in [7, 11) is 1.50. The van der Waals surface area contributed by atoms with E-state index in [9.17, 15) is 9.90 Å². The van der Waals surface area contributed by atoms with E-state index in [2.05, 4.69) is 18.7 Å². The van der Waals surface area contributed by atoms with Crippen LogP contribution in [0.1, 0.15) is 58.8 Å². The number of hydrogen-bond acceptors (Lipinski definition) is 4. The first-order valence-electron chi connectivity index (χ1n) is 10.9. The number of aliphatic hydroxyl groups is 1. The molecular formula is C23H31NO3. The second-order valence-electron chi connectivity index (χ2n) is 10.4. The number of esters is 1. The van der Waals surface area contributed by atoms with Crippen molar-refractivity contribution in [3.8, 4) is 0 Å². The summed E-state index contributed by atoms with van der Waals surface area (Å²) >= 11 is 0. The number of rotatable bonds is 1. The maximum atomic E-state index is 12.8. The number of methoxy groups -OCH3 is 1. The van der Waals surface area contributed by atoms with Crippen molar-refractivity contribution in [1.29, 1.82) is 0 Å². The molecule has 146 valence electrons. The van der Waals surface area contributed by atoms with Crippen LogP contribution >= 0.6 is 0 Å². The summed E-state index contributed by atoms with van der Waals surface area (Å²) in [6, 6.07) is 0. The molecule has 2 aliphatic heterocycles. The van der Waals surface area contributed by atoms with Crippen molar-refractivity contribution in [1.82, 2.24) is 4.90 Å². The Kier molecular flexibility index (Phi) is 3.04. The first kappa shape index (κ1) is 16.8. The van der Waals surface area contributed by atoms with Gasteiger partial charge in [0, 0.05) is 30.0 Å². The number of piperidine rings is 1. The summed E-state index contributed by atoms with van der Waals surface area (Å²) in [6.45, 7) is 6.81. The highest BCUT2D eigenvalue weighted by atomic mass is 16.5. The normalized spacial score (nSPS) is 50.1. The summed E-state index contributed by atoms with van der Waals surface area (Å²) < 4.78 is 5.22. The van der Waals surface area contributed by atoms with Crippen LogP contribution in [0.5, 0.6) is 0 Å². The minimum Gasteiger partial charge on any atom is -0.466 e. The number of carbonyl (C=O) groups excluding carboxylic acids is 1. The second kappa shape index (κ2) is 4.88. The summed E-state index contributed by atoms with van der Waals surface area (Å²) in [4.78, 5) is 15.2. The van der Waals surface area contributed by atoms with Crippen molar-refractivity contribution in [2.75, 3.05) is 20.2 Å². The van der Waals surface area contributed by atoms with Gasteiger partial charge in [0.25, 0.3) is 0 Å². The molecule has 0 radical (unpaired) electrons. The lowest BCUT2D eigenvalue weighted by Gasteiger charge is -2.69. The van der Waals surface area contributed by atoms with Crippen molar-refractivity contribution < 1.29 is 14.6 Å². The number of ether oxygens (including phenoxy) is 1. The average molecular weight is 370 g/mol. The van der Waals surface area contributed by atoms with Crippen LogP contribution in [0.2, 0.25) is 0 Å². The Balaban J connectivity index is 1.67. The van der Waals surface area contributed by atoms with Gasteiger partial charge in [-0.3, -0.25) is 4.90 Å². The minimum absolute atomic E-state index is 0.0707. The van der Waals surface area contributed by atoms with Gasteiger partial charge in [0.1, 0.15) is 5.72 Å². The molecule has 6 aliphatic rings. The van der Waals surface area contributed by atoms with Crippen LogP contribution in [0.3, 0.4) is 0 Å². The second-order valence-corrected chi connectivity index (χ2v) is 10.4. The van der Waals surface area contributed by atoms with Crippen molar-refractivity contribution in [3.05, 3.63) is 22.3 Å². The van der Waals surface area contributed by atoms with Crippen LogP contribution in [-0.2, 0) is 9.53 Å². The van der Waals surface area contributed by atoms with Gasteiger partial charge in [-0.05, 0) is 73.3 Å². The highest BCUT2D eigenvalue weighted by molar-refractivity contribution is 5.93. The van der Waals surface area contributed by atoms with Crippen LogP contribution in [0.25, 0.3) is 0 Å². The summed E-state index contributed by atoms with van der Waals surface area (Å²) in [5, 5.41) is 12.6. The van der Waals surface area contributed by atoms with Gasteiger partial charge < -0.3 is 9.84 Å². The summed E-state index contributed by atoms with van der Waals surface area (Å²) in [5.74, 6) is 1.28. The number of hydrogen-bond donors (Lipinski definition) is 1. The fraction of sp³-hybridized carbons (Fsp3) is 0.783. The van der Waals surface area contributed by atoms with Gasteiger partial charge in [0.05, 0.1) is 7.11 Å². The van der Waals surface area contributed by atoms with Gasteiger partial charge in [0.15, 0.2) is 0 Å². The highest BCUT2D eigenvalue weighted by Gasteiger charge is 2.78. The third-order valence-electron chi connectivity index (χ3n) is 9.91. The smallest absolute Gasteiger partial charge is 0.334 e. The van der Waals surface area contributed by atoms with E-state index >= 15 is 0 Å². The van der Waals surface area contributed by atoms with E-state index < -0.39 is 5.72 Å². The molecule has 4 aliphatic carbocycles. The van der Waals surface area contributed by atoms with E-state index in [1.165, 1.54) is 31.1 Å². The summed E-state index contributed by atoms with van der Waals surface area (Å²) in [6.07, 6.45) is 7.43. The molecule has 4 heteroatoms. The Morgan fingerprint density at radius 3 is 2.81 bits per heavy atom. The fourth-order valence-electron chi connectivity index (χ4n) is 8.83. The first-order chi connectivity index (χ1) is 12.9. The molecule has 6 atom stereocenters. The summed E-state index contributed by atoms with van der Waals surface area (Å²) in [5.41, 5.74) is 4.06. The molecule has 1 spiro atoms. The SMILES string of the molecule is COC(=O)C1=C2CCC3=C2[C@]2(C1)[C@@]1(O)[C@@H]4CC[C@]2(C)[C@H](CC3)CN1C[C@H]4C. The molecule has 0 amide bonds. The predicted molar refractivity (Wildman–Crippen MR) is 102 cm³/mol. The molecule has 0 aromatic rings. The zero-order valence-corrected chi connectivity index (χ0v) is 16.8. The van der Waals surface area contributed by atoms with Crippen molar-refractivity contribution in [3.63, 3.8) is 0 Å². The maximum absolute atomic E-state index is 12.8. The van der Waals surface area contributed by atoms with Crippen LogP contribution < -0.4 is 0 Å². The van der Waals surface area contributed by atoms with E-state index in [4.69, 9.17) is 4.74 Å². The Morgan fingerprint density at radius 1 is 1.22 bits per heavy atom. The number of nitrogens with zero attached hydrogens (tertiary/aromatic N) is 1. The van der Waals surface area contributed by atoms with Crippen LogP contribution in [0.4, 0.5) is 0 Å². The van der Waals surface area contributed by atoms with Gasteiger partial charge >= 0.3 is 5.97 Å². The molecular weight excluding hydrogens is 338 g/mol. The third kappa shape index (κ3) is 1.54. The minimum atomic E-state index is -0.799. The topological polar surface area (TPSA) is 49.8 Å². The Hall–Kier alpha value is -1.13. The van der Waals surface area contributed by atoms with Gasteiger partial charge in [0.2, 0.25) is 0 Å². The monoisotopic (exact) mass is 369 g/mol. The standard InChI is InChI=1S/C23H31NO3/c1-13-11-24-12-15-6-4-14-5-7-16-17(20(25)27-3)10-22(19(14)16)21(15,2)9-8-18(13)23(22,24)26/h13,15,18,26H,4-12H2,1-3H3/t13-,15-,18-,21-,22+,23+/m1/s1. The van der Waals surface area contributed by atoms with Gasteiger partial charge in [-0.2, -0.15) is 0 Å². The third-order valence-corrected chi connectivity index (χ3v) is 9.91. The molecule has 1 saturated carbocycles. The zero-order valence-electron chi connectivity index (χ0n) is 16.8. The van der Waals surface area contributed by atoms with Gasteiger partial charge in [-0.1, -0.05) is 19.4 Å². The molecule has 0 unspecified atom stereocenters. The van der Waals surface area contributed by atoms with Crippen LogP contribution in [0.15, 0.2) is 22.3 Å². The lowest BCUT2D eigenvalue weighted by atomic mass is 9.42. The molecule has 2 saturated heterocycles. The largest absolute Gasteiger partial charge is 0.466 e. The molecule has 3 fully saturated rings. The lowest BCUT2D eigenvalue weighted by molar-refractivity contribution is -0.292. The van der Waals surface area contributed by atoms with E-state index in [1.807, 2.05) is 0 Å². The molecule has 27 heavy (non-hydrogen) atoms. The van der Waals surface area contributed by atoms with E-state index in [-0.39, 0.29) is 16.8 Å². The molecule has 0 aromatic carbocycles. The average Bonchev–Trinajstić information content (AvgIpc) is 3.26. The van der Waals surface area contributed by atoms with Crippen molar-refractivity contribution in [2.45, 2.75) is 64.5 Å². The van der Waals surface area contributed by atoms with Crippen LogP contribution in [0, 0.1) is 28.6 Å². The van der Waals surface area contributed by atoms with Crippen LogP contribution in [-0.4, -0.2) is 41.9 Å². The van der Waals surface area contributed by atoms with Crippen molar-refractivity contribution >= 4 is 5.97 Å². The fourth-order valence-corrected chi connectivity index (χ4v) is 8.83. The van der Waals surface area contributed by atoms with Gasteiger partial charge in [-0.15, -0.1) is 0 Å². The predicted octanol–water partition coefficient (Wildman–Crippen LogP) is 3.42. The zero-order chi connectivity index (χ0) is 18.8. The first-order valence-corrected chi connectivity index (χ1v) is 10.9. The van der Waals surface area contributed by atoms with Crippen molar-refractivity contribution in [2.24, 2.45) is 28.6 Å². The van der Waals surface area contributed by atoms with E-state index in [1.54, 1.807) is 5.57 Å². The molecule has 6 rings (SSSR count). The maximum Gasteiger partial charge on any atom is 0.334 e. The molecule has 4 nitrogen and oxygen atoms in total. The molecule has 2 heterocycles.